The van der Waals surface area contributed by atoms with Crippen LogP contribution < -0.4 is 14.4 Å². The fourth-order valence-corrected chi connectivity index (χ4v) is 5.49. The highest BCUT2D eigenvalue weighted by Crippen LogP contribution is 2.38. The van der Waals surface area contributed by atoms with Crippen LogP contribution >= 0.6 is 0 Å². The van der Waals surface area contributed by atoms with Gasteiger partial charge in [-0.15, -0.1) is 5.10 Å². The third-order valence-corrected chi connectivity index (χ3v) is 6.99. The zero-order valence-electron chi connectivity index (χ0n) is 26.1. The molecule has 226 valence electrons. The van der Waals surface area contributed by atoms with E-state index < -0.39 is 20.7 Å². The maximum Gasteiger partial charge on any atom is 0.417 e. The molecule has 4 rings (SSSR count). The number of benzene rings is 1. The lowest BCUT2D eigenvalue weighted by atomic mass is 9.87. The summed E-state index contributed by atoms with van der Waals surface area (Å²) in [6.07, 6.45) is 0.620. The number of methoxy groups -OCH3 is 2. The number of aromatic nitrogens is 4. The van der Waals surface area contributed by atoms with Gasteiger partial charge in [-0.1, -0.05) is 26.8 Å². The molecule has 1 unspecified atom stereocenters. The zero-order chi connectivity index (χ0) is 30.8. The molecule has 0 radical (unpaired) electrons. The van der Waals surface area contributed by atoms with Crippen LogP contribution in [0.2, 0.25) is 13.1 Å². The molecule has 1 aromatic carbocycles. The second-order valence-corrected chi connectivity index (χ2v) is 14.7. The number of amides is 1. The second kappa shape index (κ2) is 12.1. The van der Waals surface area contributed by atoms with Gasteiger partial charge in [-0.25, -0.2) is 19.7 Å². The van der Waals surface area contributed by atoms with Crippen molar-refractivity contribution >= 4 is 26.7 Å². The molecule has 0 saturated heterocycles. The Hall–Kier alpha value is -3.90. The van der Waals surface area contributed by atoms with Crippen molar-refractivity contribution < 1.29 is 27.8 Å². The summed E-state index contributed by atoms with van der Waals surface area (Å²) in [6.45, 7) is 16.1. The van der Waals surface area contributed by atoms with Crippen molar-refractivity contribution in [2.24, 2.45) is 5.41 Å². The molecule has 1 atom stereocenters. The molecule has 0 spiro atoms. The Bertz CT molecular complexity index is 1520. The van der Waals surface area contributed by atoms with E-state index in [1.807, 2.05) is 39.0 Å². The van der Waals surface area contributed by atoms with Crippen molar-refractivity contribution in [3.05, 3.63) is 53.9 Å². The van der Waals surface area contributed by atoms with Gasteiger partial charge in [0, 0.05) is 6.07 Å². The van der Waals surface area contributed by atoms with E-state index in [0.29, 0.717) is 34.4 Å². The standard InChI is InChI=1S/C30H41N5O6Si/c1-29(2,3)25(41-42(9)10)20-17-24-32-26(22-12-11-15-39-22)33-35(24)27(31-20)34(28(36)40-30(4,5)6)18-19-13-14-21(37-7)23(16-19)38-8/h11-17,25,42H,18H2,1-10H3. The zero-order valence-corrected chi connectivity index (χ0v) is 27.2. The van der Waals surface area contributed by atoms with Crippen molar-refractivity contribution in [1.29, 1.82) is 0 Å². The first kappa shape index (κ1) is 31.0. The molecule has 0 fully saturated rings. The number of ether oxygens (including phenoxy) is 3. The summed E-state index contributed by atoms with van der Waals surface area (Å²) >= 11 is 0. The summed E-state index contributed by atoms with van der Waals surface area (Å²) < 4.78 is 30.4. The van der Waals surface area contributed by atoms with Gasteiger partial charge in [0.1, 0.15) is 5.60 Å². The van der Waals surface area contributed by atoms with E-state index in [4.69, 9.17) is 38.1 Å². The van der Waals surface area contributed by atoms with Crippen LogP contribution in [-0.4, -0.2) is 54.5 Å². The number of anilines is 1. The Morgan fingerprint density at radius 2 is 1.74 bits per heavy atom. The highest BCUT2D eigenvalue weighted by molar-refractivity contribution is 6.48. The van der Waals surface area contributed by atoms with Gasteiger partial charge in [0.05, 0.1) is 38.8 Å². The number of carbonyl (C=O) groups is 1. The number of rotatable bonds is 9. The highest BCUT2D eigenvalue weighted by atomic mass is 28.3. The van der Waals surface area contributed by atoms with Gasteiger partial charge in [-0.2, -0.15) is 4.52 Å². The van der Waals surface area contributed by atoms with Crippen LogP contribution in [0.4, 0.5) is 10.7 Å². The summed E-state index contributed by atoms with van der Waals surface area (Å²) in [5, 5.41) is 4.70. The van der Waals surface area contributed by atoms with E-state index in [2.05, 4.69) is 33.9 Å². The summed E-state index contributed by atoms with van der Waals surface area (Å²) in [5.74, 6) is 2.21. The molecule has 0 bridgehead atoms. The number of carbonyl (C=O) groups excluding carboxylic acids is 1. The van der Waals surface area contributed by atoms with Crippen LogP contribution in [0.1, 0.15) is 58.9 Å². The number of nitrogens with zero attached hydrogens (tertiary/aromatic N) is 5. The third-order valence-electron chi connectivity index (χ3n) is 6.18. The maximum absolute atomic E-state index is 13.9. The fraction of sp³-hybridized carbons (Fsp3) is 0.467. The van der Waals surface area contributed by atoms with Crippen molar-refractivity contribution in [2.75, 3.05) is 19.1 Å². The second-order valence-electron chi connectivity index (χ2n) is 12.4. The van der Waals surface area contributed by atoms with Crippen LogP contribution in [0.25, 0.3) is 17.2 Å². The van der Waals surface area contributed by atoms with Crippen LogP contribution in [0.5, 0.6) is 11.5 Å². The van der Waals surface area contributed by atoms with Crippen LogP contribution in [0.15, 0.2) is 47.1 Å². The molecule has 0 saturated carbocycles. The first-order valence-corrected chi connectivity index (χ1v) is 16.7. The fourth-order valence-electron chi connectivity index (χ4n) is 4.40. The predicted molar refractivity (Wildman–Crippen MR) is 163 cm³/mol. The van der Waals surface area contributed by atoms with Crippen molar-refractivity contribution in [1.82, 2.24) is 19.6 Å². The monoisotopic (exact) mass is 595 g/mol. The Balaban J connectivity index is 1.95. The summed E-state index contributed by atoms with van der Waals surface area (Å²) in [7, 11) is 1.66. The Morgan fingerprint density at radius 1 is 1.02 bits per heavy atom. The molecule has 0 aliphatic heterocycles. The predicted octanol–water partition coefficient (Wildman–Crippen LogP) is 6.43. The van der Waals surface area contributed by atoms with Gasteiger partial charge in [0.2, 0.25) is 11.8 Å². The number of hydrogen-bond acceptors (Lipinski definition) is 9. The van der Waals surface area contributed by atoms with Crippen LogP contribution in [-0.2, 0) is 15.7 Å². The molecule has 3 heterocycles. The Kier molecular flexibility index (Phi) is 8.97. The first-order valence-electron chi connectivity index (χ1n) is 13.9. The lowest BCUT2D eigenvalue weighted by Crippen LogP contribution is -2.38. The number of fused-ring (bicyclic) bond motifs is 1. The van der Waals surface area contributed by atoms with Crippen molar-refractivity contribution in [2.45, 2.75) is 72.9 Å². The van der Waals surface area contributed by atoms with Gasteiger partial charge in [0.15, 0.2) is 31.9 Å². The quantitative estimate of drug-likeness (QED) is 0.202. The summed E-state index contributed by atoms with van der Waals surface area (Å²) in [5.41, 5.74) is 0.856. The minimum atomic E-state index is -1.49. The minimum Gasteiger partial charge on any atom is -0.493 e. The van der Waals surface area contributed by atoms with E-state index >= 15 is 0 Å². The molecule has 0 N–H and O–H groups in total. The molecule has 3 aromatic heterocycles. The molecule has 4 aromatic rings. The Labute approximate surface area is 248 Å². The molecule has 0 aliphatic carbocycles. The van der Waals surface area contributed by atoms with Crippen molar-refractivity contribution in [3.63, 3.8) is 0 Å². The molecule has 42 heavy (non-hydrogen) atoms. The summed E-state index contributed by atoms with van der Waals surface area (Å²) in [6, 6.07) is 10.9. The van der Waals surface area contributed by atoms with E-state index in [-0.39, 0.29) is 24.0 Å². The normalized spacial score (nSPS) is 12.9. The lowest BCUT2D eigenvalue weighted by molar-refractivity contribution is 0.0572. The smallest absolute Gasteiger partial charge is 0.417 e. The molecule has 11 nitrogen and oxygen atoms in total. The third kappa shape index (κ3) is 7.11. The van der Waals surface area contributed by atoms with E-state index in [0.717, 1.165) is 5.56 Å². The van der Waals surface area contributed by atoms with Gasteiger partial charge >= 0.3 is 6.09 Å². The average molecular weight is 596 g/mol. The SMILES string of the molecule is COc1ccc(CN(C(=O)OC(C)(C)C)c2nc(C(O[SiH](C)C)C(C)(C)C)cc3nc(-c4ccco4)nn23)cc1OC. The van der Waals surface area contributed by atoms with Crippen LogP contribution in [0.3, 0.4) is 0 Å². The van der Waals surface area contributed by atoms with E-state index in [1.165, 1.54) is 4.90 Å². The molecular weight excluding hydrogens is 554 g/mol. The van der Waals surface area contributed by atoms with Gasteiger partial charge < -0.3 is 23.1 Å². The molecule has 1 amide bonds. The lowest BCUT2D eigenvalue weighted by Gasteiger charge is -2.33. The average Bonchev–Trinajstić information content (AvgIpc) is 3.58. The Morgan fingerprint density at radius 3 is 2.31 bits per heavy atom. The van der Waals surface area contributed by atoms with E-state index in [9.17, 15) is 4.79 Å². The first-order chi connectivity index (χ1) is 19.7. The topological polar surface area (TPSA) is 113 Å². The van der Waals surface area contributed by atoms with Gasteiger partial charge in [-0.05, 0) is 69.1 Å². The molecule has 12 heteroatoms. The number of hydrogen-bond donors (Lipinski definition) is 0. The van der Waals surface area contributed by atoms with Crippen molar-refractivity contribution in [3.8, 4) is 23.1 Å². The molecule has 0 aliphatic rings. The maximum atomic E-state index is 13.9. The van der Waals surface area contributed by atoms with Gasteiger partial charge in [-0.3, -0.25) is 0 Å². The van der Waals surface area contributed by atoms with Crippen LogP contribution in [0, 0.1) is 5.41 Å². The highest BCUT2D eigenvalue weighted by Gasteiger charge is 2.33. The minimum absolute atomic E-state index is 0.108. The van der Waals surface area contributed by atoms with E-state index in [1.54, 1.807) is 43.2 Å². The summed E-state index contributed by atoms with van der Waals surface area (Å²) in [4.78, 5) is 25.1. The van der Waals surface area contributed by atoms with Gasteiger partial charge in [0.25, 0.3) is 0 Å². The molecular formula is C30H41N5O6Si. The largest absolute Gasteiger partial charge is 0.493 e. The number of furan rings is 1.